The Balaban J connectivity index is 1.54. The second-order valence-electron chi connectivity index (χ2n) is 6.32. The second-order valence-corrected chi connectivity index (χ2v) is 6.32. The number of piperazine rings is 1. The number of benzene rings is 1. The van der Waals surface area contributed by atoms with Crippen molar-refractivity contribution < 1.29 is 22.7 Å². The Kier molecular flexibility index (Phi) is 5.48. The van der Waals surface area contributed by atoms with E-state index in [1.165, 1.54) is 12.1 Å². The summed E-state index contributed by atoms with van der Waals surface area (Å²) >= 11 is 0. The van der Waals surface area contributed by atoms with Crippen LogP contribution in [0, 0.1) is 0 Å². The van der Waals surface area contributed by atoms with Crippen molar-refractivity contribution >= 4 is 11.6 Å². The quantitative estimate of drug-likeness (QED) is 0.895. The van der Waals surface area contributed by atoms with Gasteiger partial charge in [-0.2, -0.15) is 13.2 Å². The van der Waals surface area contributed by atoms with Gasteiger partial charge in [0.2, 0.25) is 5.91 Å². The fraction of sp³-hybridized carbons (Fsp3) is 0.588. The van der Waals surface area contributed by atoms with Gasteiger partial charge in [0, 0.05) is 45.0 Å². The number of anilines is 1. The van der Waals surface area contributed by atoms with Gasteiger partial charge in [0.1, 0.15) is 0 Å². The molecule has 2 saturated heterocycles. The number of alkyl halides is 3. The second kappa shape index (κ2) is 7.61. The highest BCUT2D eigenvalue weighted by molar-refractivity contribution is 5.77. The van der Waals surface area contributed by atoms with Gasteiger partial charge in [-0.1, -0.05) is 6.07 Å². The van der Waals surface area contributed by atoms with E-state index in [-0.39, 0.29) is 12.0 Å². The van der Waals surface area contributed by atoms with Gasteiger partial charge in [0.15, 0.2) is 0 Å². The highest BCUT2D eigenvalue weighted by atomic mass is 19.4. The number of nitrogens with one attached hydrogen (secondary N) is 1. The molecule has 1 aromatic carbocycles. The molecule has 25 heavy (non-hydrogen) atoms. The average Bonchev–Trinajstić information content (AvgIpc) is 2.62. The molecule has 0 bridgehead atoms. The molecule has 0 spiro atoms. The van der Waals surface area contributed by atoms with Gasteiger partial charge in [-0.25, -0.2) is 0 Å². The smallest absolute Gasteiger partial charge is 0.375 e. The lowest BCUT2D eigenvalue weighted by molar-refractivity contribution is -0.137. The van der Waals surface area contributed by atoms with Crippen LogP contribution in [0.2, 0.25) is 0 Å². The van der Waals surface area contributed by atoms with Crippen LogP contribution >= 0.6 is 0 Å². The lowest BCUT2D eigenvalue weighted by Gasteiger charge is -2.37. The number of carbonyl (C=O) groups is 1. The maximum Gasteiger partial charge on any atom is 0.416 e. The summed E-state index contributed by atoms with van der Waals surface area (Å²) in [5.74, 6) is 0.0393. The van der Waals surface area contributed by atoms with Gasteiger partial charge < -0.3 is 19.9 Å². The van der Waals surface area contributed by atoms with Crippen molar-refractivity contribution in [1.82, 2.24) is 10.2 Å². The van der Waals surface area contributed by atoms with Crippen molar-refractivity contribution in [2.24, 2.45) is 0 Å². The Labute approximate surface area is 144 Å². The molecule has 0 unspecified atom stereocenters. The van der Waals surface area contributed by atoms with E-state index >= 15 is 0 Å². The number of amides is 1. The molecule has 8 heteroatoms. The lowest BCUT2D eigenvalue weighted by atomic mass is 10.1. The van der Waals surface area contributed by atoms with Crippen LogP contribution in [0.4, 0.5) is 18.9 Å². The molecule has 0 aromatic heterocycles. The van der Waals surface area contributed by atoms with Crippen LogP contribution in [0.3, 0.4) is 0 Å². The molecule has 0 saturated carbocycles. The molecular formula is C17H22F3N3O2. The molecule has 138 valence electrons. The normalized spacial score (nSPS) is 22.1. The minimum absolute atomic E-state index is 0.0393. The zero-order valence-electron chi connectivity index (χ0n) is 13.9. The van der Waals surface area contributed by atoms with Crippen LogP contribution in [0.25, 0.3) is 0 Å². The SMILES string of the molecule is O=C(C[C@@H]1CNCCO1)N1CCN(c2cccc(C(F)(F)F)c2)CC1. The maximum absolute atomic E-state index is 12.8. The van der Waals surface area contributed by atoms with E-state index in [1.54, 1.807) is 11.0 Å². The first kappa shape index (κ1) is 18.0. The fourth-order valence-electron chi connectivity index (χ4n) is 3.17. The molecule has 5 nitrogen and oxygen atoms in total. The van der Waals surface area contributed by atoms with E-state index < -0.39 is 11.7 Å². The molecule has 2 aliphatic rings. The minimum Gasteiger partial charge on any atom is -0.375 e. The van der Waals surface area contributed by atoms with Gasteiger partial charge in [0.05, 0.1) is 24.7 Å². The molecule has 1 N–H and O–H groups in total. The third-order valence-corrected chi connectivity index (χ3v) is 4.58. The fourth-order valence-corrected chi connectivity index (χ4v) is 3.17. The number of morpholine rings is 1. The molecule has 3 rings (SSSR count). The molecule has 1 amide bonds. The number of carbonyl (C=O) groups excluding carboxylic acids is 1. The van der Waals surface area contributed by atoms with Gasteiger partial charge in [0.25, 0.3) is 0 Å². The number of ether oxygens (including phenoxy) is 1. The van der Waals surface area contributed by atoms with Crippen molar-refractivity contribution in [2.45, 2.75) is 18.7 Å². The monoisotopic (exact) mass is 357 g/mol. The molecule has 0 radical (unpaired) electrons. The summed E-state index contributed by atoms with van der Waals surface area (Å²) in [6.07, 6.45) is -4.10. The van der Waals surface area contributed by atoms with E-state index in [9.17, 15) is 18.0 Å². The zero-order chi connectivity index (χ0) is 17.9. The van der Waals surface area contributed by atoms with Crippen LogP contribution in [0.15, 0.2) is 24.3 Å². The van der Waals surface area contributed by atoms with Crippen molar-refractivity contribution in [3.8, 4) is 0 Å². The van der Waals surface area contributed by atoms with Crippen LogP contribution in [0.5, 0.6) is 0 Å². The van der Waals surface area contributed by atoms with Gasteiger partial charge in [-0.3, -0.25) is 4.79 Å². The van der Waals surface area contributed by atoms with Crippen LogP contribution in [-0.4, -0.2) is 62.8 Å². The Bertz CT molecular complexity index is 595. The summed E-state index contributed by atoms with van der Waals surface area (Å²) in [5.41, 5.74) is -0.104. The minimum atomic E-state index is -4.35. The number of hydrogen-bond donors (Lipinski definition) is 1. The summed E-state index contributed by atoms with van der Waals surface area (Å²) in [5, 5.41) is 3.19. The summed E-state index contributed by atoms with van der Waals surface area (Å²) in [6, 6.07) is 5.33. The Morgan fingerprint density at radius 3 is 2.64 bits per heavy atom. The van der Waals surface area contributed by atoms with Crippen LogP contribution in [0.1, 0.15) is 12.0 Å². The Morgan fingerprint density at radius 1 is 1.24 bits per heavy atom. The molecule has 1 atom stereocenters. The summed E-state index contributed by atoms with van der Waals surface area (Å²) in [7, 11) is 0. The first-order valence-electron chi connectivity index (χ1n) is 8.46. The summed E-state index contributed by atoms with van der Waals surface area (Å²) < 4.78 is 44.1. The molecule has 2 aliphatic heterocycles. The van der Waals surface area contributed by atoms with Crippen molar-refractivity contribution in [3.63, 3.8) is 0 Å². The van der Waals surface area contributed by atoms with Crippen LogP contribution in [-0.2, 0) is 15.7 Å². The Hall–Kier alpha value is -1.80. The third kappa shape index (κ3) is 4.64. The zero-order valence-corrected chi connectivity index (χ0v) is 13.9. The van der Waals surface area contributed by atoms with E-state index in [1.807, 2.05) is 4.90 Å². The largest absolute Gasteiger partial charge is 0.416 e. The predicted octanol–water partition coefficient (Wildman–Crippen LogP) is 1.73. The molecule has 2 heterocycles. The third-order valence-electron chi connectivity index (χ3n) is 4.58. The van der Waals surface area contributed by atoms with Gasteiger partial charge in [-0.15, -0.1) is 0 Å². The van der Waals surface area contributed by atoms with Gasteiger partial charge in [-0.05, 0) is 18.2 Å². The highest BCUT2D eigenvalue weighted by Gasteiger charge is 2.31. The van der Waals surface area contributed by atoms with E-state index in [0.717, 1.165) is 12.6 Å². The number of halogens is 3. The Morgan fingerprint density at radius 2 is 2.00 bits per heavy atom. The maximum atomic E-state index is 12.8. The standard InChI is InChI=1S/C17H22F3N3O2/c18-17(19,20)13-2-1-3-14(10-13)22-5-7-23(8-6-22)16(24)11-15-12-21-4-9-25-15/h1-3,10,15,21H,4-9,11-12H2/t15-/m1/s1. The number of rotatable bonds is 3. The van der Waals surface area contributed by atoms with Crippen molar-refractivity contribution in [3.05, 3.63) is 29.8 Å². The number of nitrogens with zero attached hydrogens (tertiary/aromatic N) is 2. The molecule has 1 aromatic rings. The lowest BCUT2D eigenvalue weighted by Crippen LogP contribution is -2.50. The number of hydrogen-bond acceptors (Lipinski definition) is 4. The van der Waals surface area contributed by atoms with E-state index in [0.29, 0.717) is 51.4 Å². The molecule has 2 fully saturated rings. The average molecular weight is 357 g/mol. The first-order valence-corrected chi connectivity index (χ1v) is 8.46. The van der Waals surface area contributed by atoms with Crippen molar-refractivity contribution in [1.29, 1.82) is 0 Å². The highest BCUT2D eigenvalue weighted by Crippen LogP contribution is 2.31. The van der Waals surface area contributed by atoms with Crippen LogP contribution < -0.4 is 10.2 Å². The summed E-state index contributed by atoms with van der Waals surface area (Å²) in [6.45, 7) is 4.16. The first-order chi connectivity index (χ1) is 11.9. The van der Waals surface area contributed by atoms with Gasteiger partial charge >= 0.3 is 6.18 Å². The molecule has 0 aliphatic carbocycles. The van der Waals surface area contributed by atoms with Crippen molar-refractivity contribution in [2.75, 3.05) is 50.8 Å². The predicted molar refractivity (Wildman–Crippen MR) is 87.5 cm³/mol. The van der Waals surface area contributed by atoms with E-state index in [2.05, 4.69) is 5.32 Å². The summed E-state index contributed by atoms with van der Waals surface area (Å²) in [4.78, 5) is 16.0. The van der Waals surface area contributed by atoms with E-state index in [4.69, 9.17) is 4.74 Å². The topological polar surface area (TPSA) is 44.8 Å². The molecular weight excluding hydrogens is 335 g/mol.